The van der Waals surface area contributed by atoms with E-state index in [2.05, 4.69) is 10.3 Å². The first-order valence-electron chi connectivity index (χ1n) is 7.66. The maximum absolute atomic E-state index is 13.3. The van der Waals surface area contributed by atoms with Crippen LogP contribution in [0.4, 0.5) is 4.39 Å². The number of amides is 1. The molecule has 0 radical (unpaired) electrons. The van der Waals surface area contributed by atoms with Crippen LogP contribution in [0.15, 0.2) is 60.8 Å². The number of halogens is 1. The van der Waals surface area contributed by atoms with Crippen LogP contribution in [-0.2, 0) is 11.2 Å². The number of hydrogen-bond acceptors (Lipinski definition) is 3. The number of pyridine rings is 1. The molecular weight excluding hydrogens is 323 g/mol. The molecule has 1 heterocycles. The summed E-state index contributed by atoms with van der Waals surface area (Å²) in [5.74, 6) is -2.15. The molecule has 0 bridgehead atoms. The number of aromatic nitrogens is 1. The van der Waals surface area contributed by atoms with Gasteiger partial charge < -0.3 is 10.4 Å². The lowest BCUT2D eigenvalue weighted by Crippen LogP contribution is -2.42. The van der Waals surface area contributed by atoms with E-state index < -0.39 is 23.7 Å². The molecule has 3 rings (SSSR count). The third kappa shape index (κ3) is 3.80. The summed E-state index contributed by atoms with van der Waals surface area (Å²) in [4.78, 5) is 28.2. The van der Waals surface area contributed by atoms with Crippen molar-refractivity contribution in [3.8, 4) is 0 Å². The SMILES string of the molecule is O=C(N[C@@H](Cc1cccc(F)c1)C(=O)O)c1ccnc2ccccc12. The number of carbonyl (C=O) groups excluding carboxylic acids is 1. The minimum absolute atomic E-state index is 0.0121. The summed E-state index contributed by atoms with van der Waals surface area (Å²) in [5.41, 5.74) is 1.48. The fourth-order valence-corrected chi connectivity index (χ4v) is 2.63. The number of carboxylic acid groups (broad SMARTS) is 1. The van der Waals surface area contributed by atoms with Gasteiger partial charge in [-0.2, -0.15) is 0 Å². The van der Waals surface area contributed by atoms with Crippen LogP contribution in [0.3, 0.4) is 0 Å². The van der Waals surface area contributed by atoms with Gasteiger partial charge in [0, 0.05) is 18.0 Å². The standard InChI is InChI=1S/C19H15FN2O3/c20-13-5-3-4-12(10-13)11-17(19(24)25)22-18(23)15-8-9-21-16-7-2-1-6-14(15)16/h1-10,17H,11H2,(H,22,23)(H,24,25)/t17-/m0/s1. The van der Waals surface area contributed by atoms with Gasteiger partial charge in [-0.05, 0) is 29.8 Å². The molecule has 0 fully saturated rings. The Bertz CT molecular complexity index is 937. The van der Waals surface area contributed by atoms with Crippen molar-refractivity contribution < 1.29 is 19.1 Å². The summed E-state index contributed by atoms with van der Waals surface area (Å²) in [6.07, 6.45) is 1.49. The van der Waals surface area contributed by atoms with Crippen LogP contribution in [0.1, 0.15) is 15.9 Å². The van der Waals surface area contributed by atoms with Crippen LogP contribution >= 0.6 is 0 Å². The highest BCUT2D eigenvalue weighted by atomic mass is 19.1. The highest BCUT2D eigenvalue weighted by molar-refractivity contribution is 6.06. The van der Waals surface area contributed by atoms with Crippen molar-refractivity contribution in [2.24, 2.45) is 0 Å². The number of carbonyl (C=O) groups is 2. The predicted molar refractivity (Wildman–Crippen MR) is 90.7 cm³/mol. The zero-order chi connectivity index (χ0) is 17.8. The molecule has 126 valence electrons. The van der Waals surface area contributed by atoms with E-state index in [-0.39, 0.29) is 6.42 Å². The first-order chi connectivity index (χ1) is 12.0. The number of fused-ring (bicyclic) bond motifs is 1. The summed E-state index contributed by atoms with van der Waals surface area (Å²) >= 11 is 0. The van der Waals surface area contributed by atoms with Crippen LogP contribution < -0.4 is 5.32 Å². The topological polar surface area (TPSA) is 79.3 Å². The lowest BCUT2D eigenvalue weighted by molar-refractivity contribution is -0.139. The smallest absolute Gasteiger partial charge is 0.326 e. The molecule has 0 aliphatic rings. The molecule has 3 aromatic rings. The predicted octanol–water partition coefficient (Wildman–Crippen LogP) is 2.80. The minimum Gasteiger partial charge on any atom is -0.480 e. The van der Waals surface area contributed by atoms with Crippen molar-refractivity contribution >= 4 is 22.8 Å². The van der Waals surface area contributed by atoms with Gasteiger partial charge in [-0.3, -0.25) is 9.78 Å². The number of benzene rings is 2. The number of para-hydroxylation sites is 1. The minimum atomic E-state index is -1.18. The molecule has 0 aliphatic carbocycles. The van der Waals surface area contributed by atoms with Gasteiger partial charge in [-0.1, -0.05) is 30.3 Å². The van der Waals surface area contributed by atoms with Gasteiger partial charge in [0.15, 0.2) is 0 Å². The maximum Gasteiger partial charge on any atom is 0.326 e. The van der Waals surface area contributed by atoms with E-state index in [0.717, 1.165) is 0 Å². The summed E-state index contributed by atoms with van der Waals surface area (Å²) < 4.78 is 13.3. The Hall–Kier alpha value is -3.28. The third-order valence-corrected chi connectivity index (χ3v) is 3.83. The van der Waals surface area contributed by atoms with E-state index in [1.54, 1.807) is 36.4 Å². The van der Waals surface area contributed by atoms with Crippen molar-refractivity contribution in [2.75, 3.05) is 0 Å². The Morgan fingerprint density at radius 3 is 2.68 bits per heavy atom. The van der Waals surface area contributed by atoms with Crippen molar-refractivity contribution in [3.05, 3.63) is 77.7 Å². The number of nitrogens with zero attached hydrogens (tertiary/aromatic N) is 1. The Morgan fingerprint density at radius 2 is 1.92 bits per heavy atom. The van der Waals surface area contributed by atoms with Gasteiger partial charge in [0.1, 0.15) is 11.9 Å². The van der Waals surface area contributed by atoms with Gasteiger partial charge in [0.25, 0.3) is 5.91 Å². The van der Waals surface area contributed by atoms with E-state index in [4.69, 9.17) is 0 Å². The first-order valence-corrected chi connectivity index (χ1v) is 7.66. The number of hydrogen-bond donors (Lipinski definition) is 2. The molecule has 0 spiro atoms. The first kappa shape index (κ1) is 16.6. The second-order valence-electron chi connectivity index (χ2n) is 5.57. The highest BCUT2D eigenvalue weighted by Gasteiger charge is 2.22. The van der Waals surface area contributed by atoms with Crippen molar-refractivity contribution in [1.82, 2.24) is 10.3 Å². The third-order valence-electron chi connectivity index (χ3n) is 3.83. The Balaban J connectivity index is 1.84. The molecule has 6 heteroatoms. The Kier molecular flexibility index (Phi) is 4.70. The zero-order valence-corrected chi connectivity index (χ0v) is 13.1. The number of carboxylic acids is 1. The lowest BCUT2D eigenvalue weighted by Gasteiger charge is -2.15. The van der Waals surface area contributed by atoms with E-state index in [0.29, 0.717) is 22.0 Å². The maximum atomic E-state index is 13.3. The molecule has 1 amide bonds. The van der Waals surface area contributed by atoms with Crippen molar-refractivity contribution in [2.45, 2.75) is 12.5 Å². The molecule has 0 aliphatic heterocycles. The van der Waals surface area contributed by atoms with Crippen molar-refractivity contribution in [3.63, 3.8) is 0 Å². The fourth-order valence-electron chi connectivity index (χ4n) is 2.63. The molecule has 0 saturated carbocycles. The molecule has 1 atom stereocenters. The number of nitrogens with one attached hydrogen (secondary N) is 1. The average molecular weight is 338 g/mol. The van der Waals surface area contributed by atoms with Crippen LogP contribution in [-0.4, -0.2) is 28.0 Å². The van der Waals surface area contributed by atoms with Crippen LogP contribution in [0.25, 0.3) is 10.9 Å². The van der Waals surface area contributed by atoms with E-state index >= 15 is 0 Å². The van der Waals surface area contributed by atoms with Gasteiger partial charge in [0.2, 0.25) is 0 Å². The second kappa shape index (κ2) is 7.09. The normalized spacial score (nSPS) is 11.9. The second-order valence-corrected chi connectivity index (χ2v) is 5.57. The van der Waals surface area contributed by atoms with Crippen molar-refractivity contribution in [1.29, 1.82) is 0 Å². The van der Waals surface area contributed by atoms with Crippen LogP contribution in [0.5, 0.6) is 0 Å². The molecule has 0 saturated heterocycles. The Labute approximate surface area is 143 Å². The van der Waals surface area contributed by atoms with E-state index in [1.165, 1.54) is 24.4 Å². The van der Waals surface area contributed by atoms with Gasteiger partial charge in [-0.25, -0.2) is 9.18 Å². The van der Waals surface area contributed by atoms with Gasteiger partial charge >= 0.3 is 5.97 Å². The largest absolute Gasteiger partial charge is 0.480 e. The monoisotopic (exact) mass is 338 g/mol. The van der Waals surface area contributed by atoms with Crippen LogP contribution in [0.2, 0.25) is 0 Å². The summed E-state index contributed by atoms with van der Waals surface area (Å²) in [7, 11) is 0. The highest BCUT2D eigenvalue weighted by Crippen LogP contribution is 2.16. The quantitative estimate of drug-likeness (QED) is 0.750. The summed E-state index contributed by atoms with van der Waals surface area (Å²) in [6, 6.07) is 13.1. The Morgan fingerprint density at radius 1 is 1.12 bits per heavy atom. The van der Waals surface area contributed by atoms with Crippen LogP contribution in [0, 0.1) is 5.82 Å². The van der Waals surface area contributed by atoms with Gasteiger partial charge in [0.05, 0.1) is 11.1 Å². The molecule has 2 aromatic carbocycles. The molecular formula is C19H15FN2O3. The lowest BCUT2D eigenvalue weighted by atomic mass is 10.0. The summed E-state index contributed by atoms with van der Waals surface area (Å²) in [6.45, 7) is 0. The molecule has 25 heavy (non-hydrogen) atoms. The van der Waals surface area contributed by atoms with E-state index in [1.807, 2.05) is 0 Å². The molecule has 5 nitrogen and oxygen atoms in total. The number of aliphatic carboxylic acids is 1. The summed E-state index contributed by atoms with van der Waals surface area (Å²) in [5, 5.41) is 12.5. The molecule has 1 aromatic heterocycles. The average Bonchev–Trinajstić information content (AvgIpc) is 2.60. The fraction of sp³-hybridized carbons (Fsp3) is 0.105. The number of rotatable bonds is 5. The van der Waals surface area contributed by atoms with Gasteiger partial charge in [-0.15, -0.1) is 0 Å². The van der Waals surface area contributed by atoms with E-state index in [9.17, 15) is 19.1 Å². The molecule has 2 N–H and O–H groups in total. The molecule has 0 unspecified atom stereocenters. The zero-order valence-electron chi connectivity index (χ0n) is 13.1.